The van der Waals surface area contributed by atoms with Crippen LogP contribution in [-0.2, 0) is 19.4 Å². The lowest BCUT2D eigenvalue weighted by Gasteiger charge is -2.13. The third-order valence-corrected chi connectivity index (χ3v) is 5.20. The molecular weight excluding hydrogens is 316 g/mol. The minimum atomic E-state index is 0.582. The molecule has 0 amide bonds. The van der Waals surface area contributed by atoms with E-state index in [0.29, 0.717) is 5.92 Å². The van der Waals surface area contributed by atoms with Gasteiger partial charge in [0.05, 0.1) is 0 Å². The summed E-state index contributed by atoms with van der Waals surface area (Å²) in [6, 6.07) is 24.2. The SMILES string of the molecule is CC(C)c1ccc(CNc2ccc3c(c2)CCc2ccccc2N3)cc1. The van der Waals surface area contributed by atoms with E-state index in [9.17, 15) is 0 Å². The van der Waals surface area contributed by atoms with Crippen molar-refractivity contribution in [2.45, 2.75) is 39.2 Å². The van der Waals surface area contributed by atoms with Crippen LogP contribution in [0, 0.1) is 0 Å². The van der Waals surface area contributed by atoms with Gasteiger partial charge >= 0.3 is 0 Å². The van der Waals surface area contributed by atoms with E-state index in [-0.39, 0.29) is 0 Å². The van der Waals surface area contributed by atoms with Crippen LogP contribution >= 0.6 is 0 Å². The highest BCUT2D eigenvalue weighted by Gasteiger charge is 2.12. The standard InChI is InChI=1S/C24H26N2/c1-17(2)19-9-7-18(8-10-19)16-25-22-13-14-24-21(15-22)12-11-20-5-3-4-6-23(20)26-24/h3-10,13-15,17,25-26H,11-12,16H2,1-2H3. The van der Waals surface area contributed by atoms with Crippen LogP contribution in [0.1, 0.15) is 42.0 Å². The maximum absolute atomic E-state index is 3.59. The molecule has 0 spiro atoms. The molecule has 0 fully saturated rings. The summed E-state index contributed by atoms with van der Waals surface area (Å²) in [6.45, 7) is 5.31. The highest BCUT2D eigenvalue weighted by atomic mass is 14.9. The number of hydrogen-bond acceptors (Lipinski definition) is 2. The molecule has 0 unspecified atom stereocenters. The molecule has 0 atom stereocenters. The van der Waals surface area contributed by atoms with Crippen molar-refractivity contribution in [3.8, 4) is 0 Å². The van der Waals surface area contributed by atoms with Gasteiger partial charge in [0.25, 0.3) is 0 Å². The average molecular weight is 342 g/mol. The molecule has 1 aliphatic rings. The Morgan fingerprint density at radius 3 is 2.38 bits per heavy atom. The zero-order valence-corrected chi connectivity index (χ0v) is 15.5. The highest BCUT2D eigenvalue weighted by molar-refractivity contribution is 5.70. The molecule has 1 aliphatic heterocycles. The first-order chi connectivity index (χ1) is 12.7. The third kappa shape index (κ3) is 3.60. The van der Waals surface area contributed by atoms with E-state index in [1.807, 2.05) is 0 Å². The van der Waals surface area contributed by atoms with Gasteiger partial charge in [-0.05, 0) is 65.3 Å². The Kier molecular flexibility index (Phi) is 4.66. The molecule has 0 radical (unpaired) electrons. The van der Waals surface area contributed by atoms with Gasteiger partial charge in [-0.3, -0.25) is 0 Å². The minimum Gasteiger partial charge on any atom is -0.381 e. The van der Waals surface area contributed by atoms with E-state index in [0.717, 1.165) is 19.4 Å². The first kappa shape index (κ1) is 16.7. The van der Waals surface area contributed by atoms with Crippen molar-refractivity contribution in [2.24, 2.45) is 0 Å². The van der Waals surface area contributed by atoms with Crippen molar-refractivity contribution in [1.82, 2.24) is 0 Å². The summed E-state index contributed by atoms with van der Waals surface area (Å²) in [4.78, 5) is 0. The fourth-order valence-corrected chi connectivity index (χ4v) is 3.53. The number of fused-ring (bicyclic) bond motifs is 2. The van der Waals surface area contributed by atoms with Crippen molar-refractivity contribution in [3.05, 3.63) is 89.0 Å². The van der Waals surface area contributed by atoms with Crippen molar-refractivity contribution >= 4 is 17.1 Å². The largest absolute Gasteiger partial charge is 0.381 e. The molecule has 2 heteroatoms. The molecule has 26 heavy (non-hydrogen) atoms. The lowest BCUT2D eigenvalue weighted by atomic mass is 10.0. The van der Waals surface area contributed by atoms with E-state index in [2.05, 4.69) is 91.2 Å². The molecule has 3 aromatic rings. The fourth-order valence-electron chi connectivity index (χ4n) is 3.53. The van der Waals surface area contributed by atoms with Crippen molar-refractivity contribution in [3.63, 3.8) is 0 Å². The van der Waals surface area contributed by atoms with Gasteiger partial charge in [0.2, 0.25) is 0 Å². The number of nitrogens with one attached hydrogen (secondary N) is 2. The Balaban J connectivity index is 1.46. The van der Waals surface area contributed by atoms with Gasteiger partial charge in [0, 0.05) is 23.6 Å². The lowest BCUT2D eigenvalue weighted by Crippen LogP contribution is -2.01. The second kappa shape index (κ2) is 7.25. The summed E-state index contributed by atoms with van der Waals surface area (Å²) in [5, 5.41) is 7.17. The second-order valence-corrected chi connectivity index (χ2v) is 7.40. The Morgan fingerprint density at radius 1 is 0.846 bits per heavy atom. The van der Waals surface area contributed by atoms with E-state index in [1.165, 1.54) is 39.3 Å². The predicted molar refractivity (Wildman–Crippen MR) is 111 cm³/mol. The molecule has 0 saturated heterocycles. The van der Waals surface area contributed by atoms with Crippen LogP contribution in [0.5, 0.6) is 0 Å². The summed E-state index contributed by atoms with van der Waals surface area (Å²) in [5.41, 5.74) is 9.12. The first-order valence-corrected chi connectivity index (χ1v) is 9.49. The Bertz CT molecular complexity index is 894. The number of hydrogen-bond donors (Lipinski definition) is 2. The fraction of sp³-hybridized carbons (Fsp3) is 0.250. The Labute approximate surface area is 156 Å². The van der Waals surface area contributed by atoms with Crippen LogP contribution in [0.4, 0.5) is 17.1 Å². The molecule has 0 bridgehead atoms. The maximum atomic E-state index is 3.59. The van der Waals surface area contributed by atoms with Gasteiger partial charge in [-0.25, -0.2) is 0 Å². The van der Waals surface area contributed by atoms with Gasteiger partial charge in [0.15, 0.2) is 0 Å². The molecule has 2 N–H and O–H groups in total. The second-order valence-electron chi connectivity index (χ2n) is 7.40. The monoisotopic (exact) mass is 342 g/mol. The van der Waals surface area contributed by atoms with E-state index < -0.39 is 0 Å². The minimum absolute atomic E-state index is 0.582. The van der Waals surface area contributed by atoms with Crippen LogP contribution < -0.4 is 10.6 Å². The summed E-state index contributed by atoms with van der Waals surface area (Å²) in [5.74, 6) is 0.582. The van der Waals surface area contributed by atoms with E-state index >= 15 is 0 Å². The van der Waals surface area contributed by atoms with Crippen molar-refractivity contribution in [1.29, 1.82) is 0 Å². The average Bonchev–Trinajstić information content (AvgIpc) is 2.85. The highest BCUT2D eigenvalue weighted by Crippen LogP contribution is 2.31. The van der Waals surface area contributed by atoms with Gasteiger partial charge < -0.3 is 10.6 Å². The molecular formula is C24H26N2. The Hall–Kier alpha value is -2.74. The summed E-state index contributed by atoms with van der Waals surface area (Å²) >= 11 is 0. The smallest absolute Gasteiger partial charge is 0.0418 e. The number of rotatable bonds is 4. The molecule has 0 aliphatic carbocycles. The Morgan fingerprint density at radius 2 is 1.58 bits per heavy atom. The van der Waals surface area contributed by atoms with E-state index in [1.54, 1.807) is 0 Å². The molecule has 4 rings (SSSR count). The molecule has 2 nitrogen and oxygen atoms in total. The topological polar surface area (TPSA) is 24.1 Å². The van der Waals surface area contributed by atoms with Crippen LogP contribution in [0.2, 0.25) is 0 Å². The predicted octanol–water partition coefficient (Wildman–Crippen LogP) is 6.26. The number of benzene rings is 3. The van der Waals surface area contributed by atoms with Gasteiger partial charge in [0.1, 0.15) is 0 Å². The molecule has 0 saturated carbocycles. The summed E-state index contributed by atoms with van der Waals surface area (Å²) in [7, 11) is 0. The van der Waals surface area contributed by atoms with Gasteiger partial charge in [-0.1, -0.05) is 56.3 Å². The summed E-state index contributed by atoms with van der Waals surface area (Å²) < 4.78 is 0. The lowest BCUT2D eigenvalue weighted by molar-refractivity contribution is 0.865. The zero-order chi connectivity index (χ0) is 17.9. The van der Waals surface area contributed by atoms with Crippen molar-refractivity contribution in [2.75, 3.05) is 10.6 Å². The molecule has 1 heterocycles. The third-order valence-electron chi connectivity index (χ3n) is 5.20. The number of para-hydroxylation sites is 1. The van der Waals surface area contributed by atoms with Crippen LogP contribution in [0.25, 0.3) is 0 Å². The van der Waals surface area contributed by atoms with E-state index in [4.69, 9.17) is 0 Å². The van der Waals surface area contributed by atoms with Crippen LogP contribution in [0.15, 0.2) is 66.7 Å². The number of anilines is 3. The van der Waals surface area contributed by atoms with Gasteiger partial charge in [-0.15, -0.1) is 0 Å². The molecule has 3 aromatic carbocycles. The zero-order valence-electron chi connectivity index (χ0n) is 15.5. The molecule has 132 valence electrons. The first-order valence-electron chi connectivity index (χ1n) is 9.49. The summed E-state index contributed by atoms with van der Waals surface area (Å²) in [6.07, 6.45) is 2.15. The van der Waals surface area contributed by atoms with Crippen LogP contribution in [0.3, 0.4) is 0 Å². The van der Waals surface area contributed by atoms with Crippen LogP contribution in [-0.4, -0.2) is 0 Å². The molecule has 0 aromatic heterocycles. The number of aryl methyl sites for hydroxylation is 2. The normalized spacial score (nSPS) is 12.7. The van der Waals surface area contributed by atoms with Gasteiger partial charge in [-0.2, -0.15) is 0 Å². The quantitative estimate of drug-likeness (QED) is 0.584. The van der Waals surface area contributed by atoms with Crippen molar-refractivity contribution < 1.29 is 0 Å². The maximum Gasteiger partial charge on any atom is 0.0418 e.